The minimum Gasteiger partial charge on any atom is -0.299 e. The minimum absolute atomic E-state index is 0.190. The third-order valence-electron chi connectivity index (χ3n) is 4.39. The SMILES string of the molecule is CCc1nn(C)c(CC2CC(CC)CCC2=O)c1Br. The highest BCUT2D eigenvalue weighted by Crippen LogP contribution is 2.33. The number of nitrogens with zero attached hydrogens (tertiary/aromatic N) is 2. The fraction of sp³-hybridized carbons (Fsp3) is 0.733. The van der Waals surface area contributed by atoms with Gasteiger partial charge >= 0.3 is 0 Å². The van der Waals surface area contributed by atoms with Crippen molar-refractivity contribution in [3.05, 3.63) is 15.9 Å². The van der Waals surface area contributed by atoms with E-state index in [4.69, 9.17) is 0 Å². The summed E-state index contributed by atoms with van der Waals surface area (Å²) in [4.78, 5) is 12.1. The lowest BCUT2D eigenvalue weighted by Crippen LogP contribution is -2.27. The Morgan fingerprint density at radius 1 is 1.42 bits per heavy atom. The molecule has 0 N–H and O–H groups in total. The number of hydrogen-bond donors (Lipinski definition) is 0. The van der Waals surface area contributed by atoms with E-state index in [9.17, 15) is 4.79 Å². The van der Waals surface area contributed by atoms with Gasteiger partial charge in [0, 0.05) is 25.8 Å². The molecule has 0 amide bonds. The normalized spacial score (nSPS) is 23.9. The number of aromatic nitrogens is 2. The van der Waals surface area contributed by atoms with Gasteiger partial charge in [-0.1, -0.05) is 20.3 Å². The van der Waals surface area contributed by atoms with Gasteiger partial charge in [0.2, 0.25) is 0 Å². The third-order valence-corrected chi connectivity index (χ3v) is 5.31. The maximum atomic E-state index is 12.1. The molecule has 0 aromatic carbocycles. The van der Waals surface area contributed by atoms with Crippen LogP contribution < -0.4 is 0 Å². The maximum Gasteiger partial charge on any atom is 0.136 e. The van der Waals surface area contributed by atoms with Crippen molar-refractivity contribution >= 4 is 21.7 Å². The smallest absolute Gasteiger partial charge is 0.136 e. The molecule has 2 rings (SSSR count). The molecule has 2 unspecified atom stereocenters. The number of aryl methyl sites for hydroxylation is 2. The van der Waals surface area contributed by atoms with E-state index in [0.717, 1.165) is 48.2 Å². The van der Waals surface area contributed by atoms with Crippen LogP contribution in [0.2, 0.25) is 0 Å². The van der Waals surface area contributed by atoms with E-state index >= 15 is 0 Å². The van der Waals surface area contributed by atoms with E-state index in [1.54, 1.807) is 0 Å². The zero-order valence-corrected chi connectivity index (χ0v) is 13.7. The van der Waals surface area contributed by atoms with Crippen LogP contribution in [0.25, 0.3) is 0 Å². The molecule has 2 atom stereocenters. The second-order valence-electron chi connectivity index (χ2n) is 5.60. The number of hydrogen-bond acceptors (Lipinski definition) is 2. The Balaban J connectivity index is 2.15. The summed E-state index contributed by atoms with van der Waals surface area (Å²) in [7, 11) is 1.98. The molecule has 19 heavy (non-hydrogen) atoms. The third kappa shape index (κ3) is 3.10. The molecule has 1 heterocycles. The predicted octanol–water partition coefficient (Wildman–Crippen LogP) is 3.68. The van der Waals surface area contributed by atoms with Crippen LogP contribution in [0.5, 0.6) is 0 Å². The maximum absolute atomic E-state index is 12.1. The van der Waals surface area contributed by atoms with Crippen molar-refractivity contribution < 1.29 is 4.79 Å². The monoisotopic (exact) mass is 326 g/mol. The van der Waals surface area contributed by atoms with Crippen LogP contribution in [0.1, 0.15) is 50.9 Å². The van der Waals surface area contributed by atoms with Gasteiger partial charge in [0.05, 0.1) is 15.9 Å². The Bertz CT molecular complexity index is 467. The molecule has 0 saturated heterocycles. The summed E-state index contributed by atoms with van der Waals surface area (Å²) in [6.45, 7) is 4.34. The van der Waals surface area contributed by atoms with E-state index in [2.05, 4.69) is 34.9 Å². The van der Waals surface area contributed by atoms with Gasteiger partial charge < -0.3 is 0 Å². The molecule has 3 nitrogen and oxygen atoms in total. The number of rotatable bonds is 4. The van der Waals surface area contributed by atoms with Gasteiger partial charge in [-0.05, 0) is 41.1 Å². The molecule has 0 aliphatic heterocycles. The zero-order valence-electron chi connectivity index (χ0n) is 12.1. The van der Waals surface area contributed by atoms with Crippen LogP contribution in [0.4, 0.5) is 0 Å². The van der Waals surface area contributed by atoms with Gasteiger partial charge in [-0.2, -0.15) is 5.10 Å². The summed E-state index contributed by atoms with van der Waals surface area (Å²) in [6.07, 6.45) is 5.84. The lowest BCUT2D eigenvalue weighted by Gasteiger charge is -2.27. The van der Waals surface area contributed by atoms with E-state index in [1.165, 1.54) is 12.1 Å². The Labute approximate surface area is 123 Å². The van der Waals surface area contributed by atoms with Crippen molar-refractivity contribution in [1.29, 1.82) is 0 Å². The van der Waals surface area contributed by atoms with Crippen molar-refractivity contribution in [1.82, 2.24) is 9.78 Å². The van der Waals surface area contributed by atoms with Crippen LogP contribution >= 0.6 is 15.9 Å². The molecule has 1 aliphatic rings. The van der Waals surface area contributed by atoms with Gasteiger partial charge in [0.25, 0.3) is 0 Å². The Morgan fingerprint density at radius 3 is 2.74 bits per heavy atom. The van der Waals surface area contributed by atoms with Crippen LogP contribution in [-0.4, -0.2) is 15.6 Å². The van der Waals surface area contributed by atoms with Gasteiger partial charge in [-0.25, -0.2) is 0 Å². The van der Waals surface area contributed by atoms with E-state index < -0.39 is 0 Å². The van der Waals surface area contributed by atoms with Crippen LogP contribution in [0.15, 0.2) is 4.47 Å². The second-order valence-corrected chi connectivity index (χ2v) is 6.39. The van der Waals surface area contributed by atoms with E-state index in [1.807, 2.05) is 11.7 Å². The minimum atomic E-state index is 0.190. The first kappa shape index (κ1) is 14.8. The Hall–Kier alpha value is -0.640. The van der Waals surface area contributed by atoms with Gasteiger partial charge in [-0.3, -0.25) is 9.48 Å². The molecule has 106 valence electrons. The van der Waals surface area contributed by atoms with Crippen molar-refractivity contribution in [2.24, 2.45) is 18.9 Å². The molecule has 1 aromatic rings. The van der Waals surface area contributed by atoms with Crippen LogP contribution in [0, 0.1) is 11.8 Å². The topological polar surface area (TPSA) is 34.9 Å². The lowest BCUT2D eigenvalue weighted by molar-refractivity contribution is -0.125. The van der Waals surface area contributed by atoms with Crippen molar-refractivity contribution in [2.75, 3.05) is 0 Å². The molecular weight excluding hydrogens is 304 g/mol. The average molecular weight is 327 g/mol. The molecule has 1 saturated carbocycles. The Morgan fingerprint density at radius 2 is 2.16 bits per heavy atom. The first-order chi connectivity index (χ1) is 9.06. The highest BCUT2D eigenvalue weighted by atomic mass is 79.9. The number of halogens is 1. The summed E-state index contributed by atoms with van der Waals surface area (Å²) in [6, 6.07) is 0. The second kappa shape index (κ2) is 6.21. The summed E-state index contributed by atoms with van der Waals surface area (Å²) < 4.78 is 3.04. The summed E-state index contributed by atoms with van der Waals surface area (Å²) >= 11 is 3.65. The predicted molar refractivity (Wildman–Crippen MR) is 80.1 cm³/mol. The van der Waals surface area contributed by atoms with Gasteiger partial charge in [0.1, 0.15) is 5.78 Å². The van der Waals surface area contributed by atoms with Crippen molar-refractivity contribution in [2.45, 2.75) is 52.4 Å². The largest absolute Gasteiger partial charge is 0.299 e. The highest BCUT2D eigenvalue weighted by molar-refractivity contribution is 9.10. The van der Waals surface area contributed by atoms with E-state index in [0.29, 0.717) is 5.78 Å². The Kier molecular flexibility index (Phi) is 4.82. The first-order valence-corrected chi connectivity index (χ1v) is 8.09. The molecule has 1 aliphatic carbocycles. The van der Waals surface area contributed by atoms with Crippen molar-refractivity contribution in [3.8, 4) is 0 Å². The highest BCUT2D eigenvalue weighted by Gasteiger charge is 2.29. The molecule has 1 aromatic heterocycles. The first-order valence-electron chi connectivity index (χ1n) is 7.29. The number of carbonyl (C=O) groups excluding carboxylic acids is 1. The standard InChI is InChI=1S/C15H23BrN2O/c1-4-10-6-7-14(19)11(8-10)9-13-15(16)12(5-2)17-18(13)3/h10-11H,4-9H2,1-3H3. The van der Waals surface area contributed by atoms with Gasteiger partial charge in [0.15, 0.2) is 0 Å². The lowest BCUT2D eigenvalue weighted by atomic mass is 9.77. The number of carbonyl (C=O) groups is 1. The summed E-state index contributed by atoms with van der Waals surface area (Å²) in [5.41, 5.74) is 2.26. The summed E-state index contributed by atoms with van der Waals surface area (Å²) in [5.74, 6) is 1.35. The zero-order chi connectivity index (χ0) is 14.0. The summed E-state index contributed by atoms with van der Waals surface area (Å²) in [5, 5.41) is 4.52. The molecule has 4 heteroatoms. The quantitative estimate of drug-likeness (QED) is 0.845. The van der Waals surface area contributed by atoms with Crippen LogP contribution in [0.3, 0.4) is 0 Å². The molecule has 0 bridgehead atoms. The van der Waals surface area contributed by atoms with Crippen molar-refractivity contribution in [3.63, 3.8) is 0 Å². The van der Waals surface area contributed by atoms with Gasteiger partial charge in [-0.15, -0.1) is 0 Å². The molecule has 1 fully saturated rings. The average Bonchev–Trinajstić information content (AvgIpc) is 2.68. The molecular formula is C15H23BrN2O. The van der Waals surface area contributed by atoms with Crippen LogP contribution in [-0.2, 0) is 24.7 Å². The number of ketones is 1. The fourth-order valence-corrected chi connectivity index (χ4v) is 3.82. The fourth-order valence-electron chi connectivity index (χ4n) is 3.05. The van der Waals surface area contributed by atoms with E-state index in [-0.39, 0.29) is 5.92 Å². The molecule has 0 spiro atoms. The number of Topliss-reactive ketones (excluding diaryl/α,β-unsaturated/α-hetero) is 1. The molecule has 0 radical (unpaired) electrons.